The summed E-state index contributed by atoms with van der Waals surface area (Å²) in [7, 11) is 0. The van der Waals surface area contributed by atoms with Crippen LogP contribution in [0.5, 0.6) is 0 Å². The van der Waals surface area contributed by atoms with Crippen LogP contribution in [-0.2, 0) is 0 Å². The van der Waals surface area contributed by atoms with E-state index in [1.807, 2.05) is 17.8 Å². The predicted molar refractivity (Wildman–Crippen MR) is 61.3 cm³/mol. The van der Waals surface area contributed by atoms with Crippen molar-refractivity contribution in [2.75, 3.05) is 17.3 Å². The SMILES string of the molecule is NC(=S)CN1CSc2ccccc21. The molecule has 0 aliphatic carbocycles. The molecule has 0 saturated carbocycles. The van der Waals surface area contributed by atoms with Crippen molar-refractivity contribution in [2.45, 2.75) is 4.90 Å². The minimum absolute atomic E-state index is 0.553. The van der Waals surface area contributed by atoms with Crippen LogP contribution < -0.4 is 10.6 Å². The molecule has 0 bridgehead atoms. The largest absolute Gasteiger partial charge is 0.392 e. The summed E-state index contributed by atoms with van der Waals surface area (Å²) in [5, 5.41) is 0. The van der Waals surface area contributed by atoms with E-state index < -0.39 is 0 Å². The van der Waals surface area contributed by atoms with Gasteiger partial charge in [-0.15, -0.1) is 11.8 Å². The molecule has 1 aliphatic rings. The van der Waals surface area contributed by atoms with Crippen LogP contribution in [0.1, 0.15) is 0 Å². The molecule has 0 amide bonds. The van der Waals surface area contributed by atoms with Crippen LogP contribution in [0.4, 0.5) is 5.69 Å². The van der Waals surface area contributed by atoms with Gasteiger partial charge in [-0.05, 0) is 12.1 Å². The number of thioether (sulfide) groups is 1. The molecule has 1 aromatic carbocycles. The van der Waals surface area contributed by atoms with Crippen molar-refractivity contribution < 1.29 is 0 Å². The Balaban J connectivity index is 2.23. The number of hydrogen-bond donors (Lipinski definition) is 1. The lowest BCUT2D eigenvalue weighted by Gasteiger charge is -2.16. The fraction of sp³-hybridized carbons (Fsp3) is 0.222. The summed E-state index contributed by atoms with van der Waals surface area (Å²) in [6.07, 6.45) is 0. The summed E-state index contributed by atoms with van der Waals surface area (Å²) in [4.78, 5) is 4.07. The van der Waals surface area contributed by atoms with Crippen molar-refractivity contribution in [1.82, 2.24) is 0 Å². The standard InChI is InChI=1S/C9H10N2S2/c10-9(12)5-11-6-13-8-4-2-1-3-7(8)11/h1-4H,5-6H2,(H2,10,12). The highest BCUT2D eigenvalue weighted by Crippen LogP contribution is 2.37. The first-order valence-corrected chi connectivity index (χ1v) is 5.42. The monoisotopic (exact) mass is 210 g/mol. The number of nitrogens with two attached hydrogens (primary N) is 1. The highest BCUT2D eigenvalue weighted by molar-refractivity contribution is 7.99. The maximum absolute atomic E-state index is 5.51. The molecule has 0 radical (unpaired) electrons. The van der Waals surface area contributed by atoms with E-state index in [-0.39, 0.29) is 0 Å². The Morgan fingerprint density at radius 1 is 1.54 bits per heavy atom. The molecule has 1 aliphatic heterocycles. The Labute approximate surface area is 87.1 Å². The predicted octanol–water partition coefficient (Wildman–Crippen LogP) is 1.84. The number of anilines is 1. The molecule has 2 N–H and O–H groups in total. The molecule has 0 spiro atoms. The maximum atomic E-state index is 5.51. The molecule has 0 saturated heterocycles. The molecule has 4 heteroatoms. The highest BCUT2D eigenvalue weighted by atomic mass is 32.2. The zero-order valence-corrected chi connectivity index (χ0v) is 8.70. The van der Waals surface area contributed by atoms with Crippen molar-refractivity contribution in [3.05, 3.63) is 24.3 Å². The lowest BCUT2D eigenvalue weighted by Crippen LogP contribution is -2.30. The summed E-state index contributed by atoms with van der Waals surface area (Å²) in [5.74, 6) is 0.955. The van der Waals surface area contributed by atoms with Crippen LogP contribution in [0, 0.1) is 0 Å². The van der Waals surface area contributed by atoms with Crippen LogP contribution >= 0.6 is 24.0 Å². The number of fused-ring (bicyclic) bond motifs is 1. The van der Waals surface area contributed by atoms with Crippen LogP contribution in [-0.4, -0.2) is 17.4 Å². The number of nitrogens with zero attached hydrogens (tertiary/aromatic N) is 1. The van der Waals surface area contributed by atoms with Crippen molar-refractivity contribution in [2.24, 2.45) is 5.73 Å². The molecule has 1 heterocycles. The number of benzene rings is 1. The molecule has 2 nitrogen and oxygen atoms in total. The van der Waals surface area contributed by atoms with Gasteiger partial charge in [0.15, 0.2) is 0 Å². The summed E-state index contributed by atoms with van der Waals surface area (Å²) >= 11 is 6.72. The van der Waals surface area contributed by atoms with Gasteiger partial charge in [0.05, 0.1) is 23.1 Å². The average molecular weight is 210 g/mol. The number of hydrogen-bond acceptors (Lipinski definition) is 3. The third-order valence-corrected chi connectivity index (χ3v) is 3.15. The van der Waals surface area contributed by atoms with Crippen molar-refractivity contribution >= 4 is 34.7 Å². The Kier molecular flexibility index (Phi) is 2.42. The molecule has 68 valence electrons. The van der Waals surface area contributed by atoms with E-state index in [1.165, 1.54) is 10.6 Å². The first-order valence-electron chi connectivity index (χ1n) is 4.02. The topological polar surface area (TPSA) is 29.3 Å². The van der Waals surface area contributed by atoms with Gasteiger partial charge >= 0.3 is 0 Å². The average Bonchev–Trinajstić information content (AvgIpc) is 2.48. The van der Waals surface area contributed by atoms with Crippen LogP contribution in [0.2, 0.25) is 0 Å². The fourth-order valence-electron chi connectivity index (χ4n) is 1.38. The van der Waals surface area contributed by atoms with Crippen LogP contribution in [0.25, 0.3) is 0 Å². The molecule has 0 unspecified atom stereocenters. The summed E-state index contributed by atoms with van der Waals surface area (Å²) in [5.41, 5.74) is 6.76. The Morgan fingerprint density at radius 3 is 3.08 bits per heavy atom. The van der Waals surface area contributed by atoms with Gasteiger partial charge in [0.1, 0.15) is 0 Å². The van der Waals surface area contributed by atoms with E-state index in [4.69, 9.17) is 18.0 Å². The third kappa shape index (κ3) is 1.78. The second-order valence-electron chi connectivity index (χ2n) is 2.91. The van der Waals surface area contributed by atoms with Gasteiger partial charge in [0.25, 0.3) is 0 Å². The van der Waals surface area contributed by atoms with Gasteiger partial charge in [-0.1, -0.05) is 24.4 Å². The van der Waals surface area contributed by atoms with Crippen LogP contribution in [0.15, 0.2) is 29.2 Å². The lowest BCUT2D eigenvalue weighted by atomic mass is 10.3. The van der Waals surface area contributed by atoms with E-state index in [9.17, 15) is 0 Å². The Hall–Kier alpha value is -0.740. The van der Waals surface area contributed by atoms with Crippen molar-refractivity contribution in [3.63, 3.8) is 0 Å². The van der Waals surface area contributed by atoms with Gasteiger partial charge in [-0.3, -0.25) is 0 Å². The van der Waals surface area contributed by atoms with E-state index >= 15 is 0 Å². The maximum Gasteiger partial charge on any atom is 0.0924 e. The molecule has 13 heavy (non-hydrogen) atoms. The summed E-state index contributed by atoms with van der Waals surface area (Å²) < 4.78 is 0. The zero-order valence-electron chi connectivity index (χ0n) is 7.06. The molecule has 1 aromatic rings. The Bertz CT molecular complexity index is 338. The summed E-state index contributed by atoms with van der Waals surface area (Å²) in [6, 6.07) is 8.32. The first-order chi connectivity index (χ1) is 6.27. The van der Waals surface area contributed by atoms with Gasteiger partial charge in [0.2, 0.25) is 0 Å². The third-order valence-electron chi connectivity index (χ3n) is 1.93. The molecule has 0 fully saturated rings. The first kappa shape index (κ1) is 8.84. The van der Waals surface area contributed by atoms with Gasteiger partial charge in [-0.2, -0.15) is 0 Å². The van der Waals surface area contributed by atoms with Crippen LogP contribution in [0.3, 0.4) is 0 Å². The molecular weight excluding hydrogens is 200 g/mol. The van der Waals surface area contributed by atoms with Gasteiger partial charge in [-0.25, -0.2) is 0 Å². The minimum atomic E-state index is 0.553. The van der Waals surface area contributed by atoms with Crippen molar-refractivity contribution in [1.29, 1.82) is 0 Å². The molecule has 0 atom stereocenters. The van der Waals surface area contributed by atoms with Crippen molar-refractivity contribution in [3.8, 4) is 0 Å². The summed E-state index contributed by atoms with van der Waals surface area (Å²) in [6.45, 7) is 0.680. The Morgan fingerprint density at radius 2 is 2.31 bits per heavy atom. The molecule has 2 rings (SSSR count). The van der Waals surface area contributed by atoms with Gasteiger partial charge < -0.3 is 10.6 Å². The lowest BCUT2D eigenvalue weighted by molar-refractivity contribution is 1.04. The van der Waals surface area contributed by atoms with E-state index in [0.29, 0.717) is 11.5 Å². The zero-order chi connectivity index (χ0) is 9.26. The van der Waals surface area contributed by atoms with E-state index in [1.54, 1.807) is 0 Å². The van der Waals surface area contributed by atoms with E-state index in [0.717, 1.165) is 5.88 Å². The quantitative estimate of drug-likeness (QED) is 0.754. The fourth-order valence-corrected chi connectivity index (χ4v) is 2.58. The number of thiocarbonyl (C=S) groups is 1. The molecular formula is C9H10N2S2. The molecule has 0 aromatic heterocycles. The highest BCUT2D eigenvalue weighted by Gasteiger charge is 2.18. The number of para-hydroxylation sites is 1. The second-order valence-corrected chi connectivity index (χ2v) is 4.42. The minimum Gasteiger partial charge on any atom is -0.392 e. The van der Waals surface area contributed by atoms with Gasteiger partial charge in [0, 0.05) is 4.90 Å². The normalized spacial score (nSPS) is 14.3. The second kappa shape index (κ2) is 3.55. The van der Waals surface area contributed by atoms with E-state index in [2.05, 4.69) is 23.1 Å². The smallest absolute Gasteiger partial charge is 0.0924 e. The number of rotatable bonds is 2.